The van der Waals surface area contributed by atoms with E-state index in [1.807, 2.05) is 72.8 Å². The molecule has 7 heteroatoms. The first-order valence-corrected chi connectivity index (χ1v) is 10.6. The highest BCUT2D eigenvalue weighted by Crippen LogP contribution is 2.24. The summed E-state index contributed by atoms with van der Waals surface area (Å²) in [6.45, 7) is 0.635. The topological polar surface area (TPSA) is 86.4 Å². The van der Waals surface area contributed by atoms with Crippen molar-refractivity contribution in [2.24, 2.45) is 0 Å². The van der Waals surface area contributed by atoms with Crippen LogP contribution in [0.3, 0.4) is 0 Å². The molecule has 33 heavy (non-hydrogen) atoms. The fraction of sp³-hybridized carbons (Fsp3) is 0.115. The maximum atomic E-state index is 12.8. The standard InChI is InChI=1S/C26H21N3O4/c30-23(15-29-17-28-24-21-11-4-5-12-22(21)33-25(24)26(29)31)27-14-19-9-6-10-20(13-19)32-16-18-7-2-1-3-8-18/h1-13,17H,14-16H2,(H,27,30). The molecule has 3 aromatic carbocycles. The van der Waals surface area contributed by atoms with Gasteiger partial charge in [-0.15, -0.1) is 0 Å². The first-order valence-electron chi connectivity index (χ1n) is 10.6. The van der Waals surface area contributed by atoms with Gasteiger partial charge in [0.1, 0.15) is 30.0 Å². The van der Waals surface area contributed by atoms with Gasteiger partial charge in [-0.2, -0.15) is 0 Å². The Morgan fingerprint density at radius 2 is 1.76 bits per heavy atom. The molecule has 0 aliphatic carbocycles. The van der Waals surface area contributed by atoms with Crippen LogP contribution in [0.25, 0.3) is 22.1 Å². The summed E-state index contributed by atoms with van der Waals surface area (Å²) in [6, 6.07) is 24.8. The average molecular weight is 439 g/mol. The van der Waals surface area contributed by atoms with Crippen LogP contribution in [0.2, 0.25) is 0 Å². The maximum Gasteiger partial charge on any atom is 0.297 e. The van der Waals surface area contributed by atoms with Gasteiger partial charge in [-0.3, -0.25) is 14.2 Å². The van der Waals surface area contributed by atoms with Crippen molar-refractivity contribution in [3.05, 3.63) is 107 Å². The molecule has 0 unspecified atom stereocenters. The lowest BCUT2D eigenvalue weighted by atomic mass is 10.2. The van der Waals surface area contributed by atoms with Crippen LogP contribution < -0.4 is 15.6 Å². The van der Waals surface area contributed by atoms with E-state index < -0.39 is 0 Å². The number of ether oxygens (including phenoxy) is 1. The molecule has 0 radical (unpaired) electrons. The number of amides is 1. The number of nitrogens with one attached hydrogen (secondary N) is 1. The SMILES string of the molecule is O=C(Cn1cnc2c(oc3ccccc32)c1=O)NCc1cccc(OCc2ccccc2)c1. The Balaban J connectivity index is 1.23. The second-order valence-corrected chi connectivity index (χ2v) is 7.65. The Bertz CT molecular complexity index is 1490. The summed E-state index contributed by atoms with van der Waals surface area (Å²) in [5.74, 6) is 0.423. The van der Waals surface area contributed by atoms with E-state index in [1.165, 1.54) is 10.9 Å². The molecule has 0 aliphatic heterocycles. The van der Waals surface area contributed by atoms with Gasteiger partial charge in [0, 0.05) is 11.9 Å². The van der Waals surface area contributed by atoms with E-state index in [1.54, 1.807) is 6.07 Å². The lowest BCUT2D eigenvalue weighted by molar-refractivity contribution is -0.121. The predicted molar refractivity (Wildman–Crippen MR) is 125 cm³/mol. The van der Waals surface area contributed by atoms with Gasteiger partial charge in [0.25, 0.3) is 5.56 Å². The van der Waals surface area contributed by atoms with Crippen LogP contribution in [0.5, 0.6) is 5.75 Å². The van der Waals surface area contributed by atoms with Crippen molar-refractivity contribution in [1.29, 1.82) is 0 Å². The van der Waals surface area contributed by atoms with Gasteiger partial charge in [-0.1, -0.05) is 54.6 Å². The minimum absolute atomic E-state index is 0.148. The Kier molecular flexibility index (Phi) is 5.59. The van der Waals surface area contributed by atoms with Crippen molar-refractivity contribution in [2.45, 2.75) is 19.7 Å². The second kappa shape index (κ2) is 9.00. The van der Waals surface area contributed by atoms with Gasteiger partial charge < -0.3 is 14.5 Å². The molecule has 5 rings (SSSR count). The fourth-order valence-electron chi connectivity index (χ4n) is 3.63. The summed E-state index contributed by atoms with van der Waals surface area (Å²) in [7, 11) is 0. The number of rotatable bonds is 7. The highest BCUT2D eigenvalue weighted by Gasteiger charge is 2.14. The van der Waals surface area contributed by atoms with E-state index in [0.717, 1.165) is 22.3 Å². The number of carbonyl (C=O) groups is 1. The van der Waals surface area contributed by atoms with Gasteiger partial charge in [-0.25, -0.2) is 4.98 Å². The molecule has 7 nitrogen and oxygen atoms in total. The Hall–Kier alpha value is -4.39. The van der Waals surface area contributed by atoms with E-state index in [0.29, 0.717) is 24.3 Å². The lowest BCUT2D eigenvalue weighted by Crippen LogP contribution is -2.32. The molecule has 1 N–H and O–H groups in total. The van der Waals surface area contributed by atoms with E-state index >= 15 is 0 Å². The van der Waals surface area contributed by atoms with Crippen LogP contribution >= 0.6 is 0 Å². The molecular weight excluding hydrogens is 418 g/mol. The number of carbonyl (C=O) groups excluding carboxylic acids is 1. The minimum atomic E-state index is -0.386. The molecule has 0 saturated carbocycles. The second-order valence-electron chi connectivity index (χ2n) is 7.65. The van der Waals surface area contributed by atoms with Gasteiger partial charge in [0.05, 0.1) is 6.33 Å². The van der Waals surface area contributed by atoms with Crippen molar-refractivity contribution in [3.63, 3.8) is 0 Å². The molecule has 5 aromatic rings. The quantitative estimate of drug-likeness (QED) is 0.414. The summed E-state index contributed by atoms with van der Waals surface area (Å²) >= 11 is 0. The number of benzene rings is 3. The average Bonchev–Trinajstić information content (AvgIpc) is 3.24. The highest BCUT2D eigenvalue weighted by molar-refractivity contribution is 6.01. The molecule has 2 heterocycles. The maximum absolute atomic E-state index is 12.8. The number of fused-ring (bicyclic) bond motifs is 3. The van der Waals surface area contributed by atoms with Crippen molar-refractivity contribution < 1.29 is 13.9 Å². The third-order valence-corrected chi connectivity index (χ3v) is 5.30. The van der Waals surface area contributed by atoms with Crippen molar-refractivity contribution in [3.8, 4) is 5.75 Å². The lowest BCUT2D eigenvalue weighted by Gasteiger charge is -2.10. The van der Waals surface area contributed by atoms with Crippen LogP contribution in [0.15, 0.2) is 94.4 Å². The van der Waals surface area contributed by atoms with Gasteiger partial charge in [0.2, 0.25) is 11.5 Å². The molecule has 0 fully saturated rings. The molecule has 0 bridgehead atoms. The minimum Gasteiger partial charge on any atom is -0.489 e. The molecule has 164 valence electrons. The fourth-order valence-corrected chi connectivity index (χ4v) is 3.63. The zero-order valence-corrected chi connectivity index (χ0v) is 17.7. The zero-order chi connectivity index (χ0) is 22.6. The number of para-hydroxylation sites is 1. The Morgan fingerprint density at radius 1 is 0.970 bits per heavy atom. The summed E-state index contributed by atoms with van der Waals surface area (Å²) in [4.78, 5) is 29.6. The highest BCUT2D eigenvalue weighted by atomic mass is 16.5. The first-order chi connectivity index (χ1) is 16.2. The van der Waals surface area contributed by atoms with Crippen molar-refractivity contribution in [2.75, 3.05) is 0 Å². The molecular formula is C26H21N3O4. The van der Waals surface area contributed by atoms with Gasteiger partial charge in [0.15, 0.2) is 0 Å². The molecule has 0 spiro atoms. The van der Waals surface area contributed by atoms with Crippen LogP contribution in [0.4, 0.5) is 0 Å². The van der Waals surface area contributed by atoms with Gasteiger partial charge in [-0.05, 0) is 35.4 Å². The predicted octanol–water partition coefficient (Wildman–Crippen LogP) is 4.04. The van der Waals surface area contributed by atoms with Crippen molar-refractivity contribution in [1.82, 2.24) is 14.9 Å². The van der Waals surface area contributed by atoms with E-state index in [2.05, 4.69) is 10.3 Å². The van der Waals surface area contributed by atoms with Crippen LogP contribution in [0, 0.1) is 0 Å². The van der Waals surface area contributed by atoms with Crippen molar-refractivity contribution >= 4 is 28.0 Å². The molecule has 0 aliphatic rings. The Morgan fingerprint density at radius 3 is 2.64 bits per heavy atom. The molecule has 0 atom stereocenters. The number of hydrogen-bond donors (Lipinski definition) is 1. The van der Waals surface area contributed by atoms with Crippen LogP contribution in [-0.4, -0.2) is 15.5 Å². The largest absolute Gasteiger partial charge is 0.489 e. The monoisotopic (exact) mass is 439 g/mol. The third-order valence-electron chi connectivity index (χ3n) is 5.30. The normalized spacial score (nSPS) is 11.0. The summed E-state index contributed by atoms with van der Waals surface area (Å²) in [5, 5.41) is 3.61. The Labute approximate surface area is 189 Å². The first kappa shape index (κ1) is 20.5. The third kappa shape index (κ3) is 4.48. The summed E-state index contributed by atoms with van der Waals surface area (Å²) in [6.07, 6.45) is 1.38. The molecule has 1 amide bonds. The number of nitrogens with zero attached hydrogens (tertiary/aromatic N) is 2. The number of aromatic nitrogens is 2. The summed E-state index contributed by atoms with van der Waals surface area (Å²) < 4.78 is 12.8. The smallest absolute Gasteiger partial charge is 0.297 e. The van der Waals surface area contributed by atoms with E-state index in [-0.39, 0.29) is 23.6 Å². The van der Waals surface area contributed by atoms with Crippen LogP contribution in [-0.2, 0) is 24.5 Å². The van der Waals surface area contributed by atoms with E-state index in [9.17, 15) is 9.59 Å². The molecule has 0 saturated heterocycles. The van der Waals surface area contributed by atoms with E-state index in [4.69, 9.17) is 9.15 Å². The zero-order valence-electron chi connectivity index (χ0n) is 17.7. The van der Waals surface area contributed by atoms with Crippen LogP contribution in [0.1, 0.15) is 11.1 Å². The van der Waals surface area contributed by atoms with Gasteiger partial charge >= 0.3 is 0 Å². The number of hydrogen-bond acceptors (Lipinski definition) is 5. The number of furan rings is 1. The summed E-state index contributed by atoms with van der Waals surface area (Å²) in [5.41, 5.74) is 2.83. The molecule has 2 aromatic heterocycles.